The zero-order chi connectivity index (χ0) is 12.0. The summed E-state index contributed by atoms with van der Waals surface area (Å²) in [6.45, 7) is 4.98. The van der Waals surface area contributed by atoms with Crippen LogP contribution in [0.4, 0.5) is 5.82 Å². The Kier molecular flexibility index (Phi) is 5.13. The Balaban J connectivity index is 2.61. The van der Waals surface area contributed by atoms with Crippen molar-refractivity contribution < 1.29 is 0 Å². The van der Waals surface area contributed by atoms with Crippen molar-refractivity contribution >= 4 is 17.6 Å². The third-order valence-corrected chi connectivity index (χ3v) is 3.56. The lowest BCUT2D eigenvalue weighted by Crippen LogP contribution is -2.10. The van der Waals surface area contributed by atoms with E-state index in [2.05, 4.69) is 29.5 Å². The number of hydrogen-bond donors (Lipinski definition) is 1. The van der Waals surface area contributed by atoms with Crippen LogP contribution in [-0.4, -0.2) is 23.0 Å². The largest absolute Gasteiger partial charge is 0.369 e. The van der Waals surface area contributed by atoms with Gasteiger partial charge in [-0.3, -0.25) is 0 Å². The molecule has 0 aliphatic heterocycles. The minimum absolute atomic E-state index is 0.628. The van der Waals surface area contributed by atoms with Crippen LogP contribution in [0.3, 0.4) is 0 Å². The number of hydrogen-bond acceptors (Lipinski definition) is 4. The van der Waals surface area contributed by atoms with Crippen molar-refractivity contribution in [3.05, 3.63) is 23.4 Å². The molecule has 3 nitrogen and oxygen atoms in total. The molecule has 1 atom stereocenters. The van der Waals surface area contributed by atoms with E-state index in [1.807, 2.05) is 24.8 Å². The van der Waals surface area contributed by atoms with Gasteiger partial charge < -0.3 is 5.32 Å². The van der Waals surface area contributed by atoms with Gasteiger partial charge in [-0.2, -0.15) is 17.0 Å². The minimum Gasteiger partial charge on any atom is -0.369 e. The Hall–Kier alpha value is -1.21. The van der Waals surface area contributed by atoms with Crippen LogP contribution < -0.4 is 5.32 Å². The fourth-order valence-corrected chi connectivity index (χ4v) is 1.70. The maximum Gasteiger partial charge on any atom is 0.144 e. The number of nitrogens with zero attached hydrogens (tertiary/aromatic N) is 2. The summed E-state index contributed by atoms with van der Waals surface area (Å²) in [6.07, 6.45) is 4.91. The summed E-state index contributed by atoms with van der Waals surface area (Å²) >= 11 is 1.85. The third-order valence-electron chi connectivity index (χ3n) is 2.52. The van der Waals surface area contributed by atoms with Crippen LogP contribution in [0.1, 0.15) is 24.5 Å². The van der Waals surface area contributed by atoms with E-state index in [1.54, 1.807) is 6.20 Å². The van der Waals surface area contributed by atoms with Gasteiger partial charge in [0.1, 0.15) is 11.9 Å². The fourth-order valence-electron chi connectivity index (χ4n) is 1.35. The summed E-state index contributed by atoms with van der Waals surface area (Å²) in [6, 6.07) is 4.04. The smallest absolute Gasteiger partial charge is 0.144 e. The van der Waals surface area contributed by atoms with Crippen molar-refractivity contribution in [1.82, 2.24) is 4.98 Å². The van der Waals surface area contributed by atoms with Gasteiger partial charge in [0.2, 0.25) is 0 Å². The van der Waals surface area contributed by atoms with E-state index in [-0.39, 0.29) is 0 Å². The molecule has 0 radical (unpaired) electrons. The van der Waals surface area contributed by atoms with E-state index < -0.39 is 0 Å². The van der Waals surface area contributed by atoms with Gasteiger partial charge in [0.25, 0.3) is 0 Å². The van der Waals surface area contributed by atoms with Crippen LogP contribution in [0.5, 0.6) is 0 Å². The fraction of sp³-hybridized carbons (Fsp3) is 0.500. The Labute approximate surface area is 101 Å². The molecule has 0 saturated carbocycles. The number of thioether (sulfide) groups is 1. The van der Waals surface area contributed by atoms with E-state index in [4.69, 9.17) is 5.26 Å². The van der Waals surface area contributed by atoms with Crippen molar-refractivity contribution in [2.24, 2.45) is 0 Å². The number of nitrogens with one attached hydrogen (secondary N) is 1. The van der Waals surface area contributed by atoms with E-state index in [0.717, 1.165) is 18.5 Å². The summed E-state index contributed by atoms with van der Waals surface area (Å²) in [5.74, 6) is 0.704. The number of aromatic nitrogens is 1. The van der Waals surface area contributed by atoms with Crippen molar-refractivity contribution in [2.75, 3.05) is 18.1 Å². The molecule has 1 aromatic heterocycles. The monoisotopic (exact) mass is 235 g/mol. The van der Waals surface area contributed by atoms with Crippen LogP contribution in [0, 0.1) is 18.3 Å². The quantitative estimate of drug-likeness (QED) is 0.852. The van der Waals surface area contributed by atoms with Gasteiger partial charge in [-0.15, -0.1) is 0 Å². The van der Waals surface area contributed by atoms with Gasteiger partial charge in [-0.1, -0.05) is 6.92 Å². The topological polar surface area (TPSA) is 48.7 Å². The van der Waals surface area contributed by atoms with Crippen LogP contribution >= 0.6 is 11.8 Å². The molecule has 0 aliphatic rings. The van der Waals surface area contributed by atoms with Gasteiger partial charge >= 0.3 is 0 Å². The summed E-state index contributed by atoms with van der Waals surface area (Å²) in [7, 11) is 0. The maximum atomic E-state index is 9.02. The standard InChI is InChI=1S/C12H17N3S/c1-9-4-6-14-12(11(9)8-13)15-7-5-10(2)16-3/h4,6,10H,5,7H2,1-3H3,(H,14,15). The first-order valence-corrected chi connectivity index (χ1v) is 6.60. The predicted octanol–water partition coefficient (Wildman–Crippen LogP) is 2.82. The number of nitriles is 1. The molecule has 0 aliphatic carbocycles. The molecule has 1 rings (SSSR count). The van der Waals surface area contributed by atoms with Crippen LogP contribution in [0.15, 0.2) is 12.3 Å². The molecule has 1 N–H and O–H groups in total. The number of rotatable bonds is 5. The third kappa shape index (κ3) is 3.42. The molecule has 1 aromatic rings. The SMILES string of the molecule is CSC(C)CCNc1nccc(C)c1C#N. The van der Waals surface area contributed by atoms with E-state index in [1.165, 1.54) is 0 Å². The first kappa shape index (κ1) is 12.9. The molecule has 1 unspecified atom stereocenters. The molecule has 16 heavy (non-hydrogen) atoms. The number of pyridine rings is 1. The zero-order valence-corrected chi connectivity index (χ0v) is 10.8. The summed E-state index contributed by atoms with van der Waals surface area (Å²) in [4.78, 5) is 4.19. The van der Waals surface area contributed by atoms with Crippen molar-refractivity contribution in [2.45, 2.75) is 25.5 Å². The lowest BCUT2D eigenvalue weighted by molar-refractivity contribution is 0.849. The van der Waals surface area contributed by atoms with Gasteiger partial charge in [0, 0.05) is 18.0 Å². The molecule has 4 heteroatoms. The highest BCUT2D eigenvalue weighted by molar-refractivity contribution is 7.99. The second kappa shape index (κ2) is 6.39. The number of anilines is 1. The van der Waals surface area contributed by atoms with E-state index in [0.29, 0.717) is 16.6 Å². The second-order valence-corrected chi connectivity index (χ2v) is 5.00. The molecule has 0 spiro atoms. The van der Waals surface area contributed by atoms with E-state index in [9.17, 15) is 0 Å². The van der Waals surface area contributed by atoms with Crippen molar-refractivity contribution in [3.8, 4) is 6.07 Å². The summed E-state index contributed by atoms with van der Waals surface area (Å²) < 4.78 is 0. The first-order chi connectivity index (χ1) is 7.69. The molecule has 0 fully saturated rings. The maximum absolute atomic E-state index is 9.02. The van der Waals surface area contributed by atoms with E-state index >= 15 is 0 Å². The Morgan fingerprint density at radius 1 is 1.62 bits per heavy atom. The highest BCUT2D eigenvalue weighted by Gasteiger charge is 2.06. The molecular weight excluding hydrogens is 218 g/mol. The van der Waals surface area contributed by atoms with Gasteiger partial charge in [0.05, 0.1) is 5.56 Å². The van der Waals surface area contributed by atoms with Gasteiger partial charge in [0.15, 0.2) is 0 Å². The van der Waals surface area contributed by atoms with Crippen LogP contribution in [-0.2, 0) is 0 Å². The van der Waals surface area contributed by atoms with Crippen LogP contribution in [0.25, 0.3) is 0 Å². The predicted molar refractivity (Wildman–Crippen MR) is 69.8 cm³/mol. The molecule has 0 bridgehead atoms. The van der Waals surface area contributed by atoms with Gasteiger partial charge in [-0.25, -0.2) is 4.98 Å². The lowest BCUT2D eigenvalue weighted by atomic mass is 10.1. The molecule has 0 aromatic carbocycles. The second-order valence-electron chi connectivity index (χ2n) is 3.73. The average Bonchev–Trinajstić information content (AvgIpc) is 2.29. The molecule has 1 heterocycles. The zero-order valence-electron chi connectivity index (χ0n) is 9.95. The normalized spacial score (nSPS) is 11.9. The van der Waals surface area contributed by atoms with Crippen molar-refractivity contribution in [3.63, 3.8) is 0 Å². The highest BCUT2D eigenvalue weighted by atomic mass is 32.2. The molecule has 86 valence electrons. The molecule has 0 amide bonds. The first-order valence-electron chi connectivity index (χ1n) is 5.31. The number of aryl methyl sites for hydroxylation is 1. The Bertz CT molecular complexity index is 384. The Morgan fingerprint density at radius 3 is 3.00 bits per heavy atom. The minimum atomic E-state index is 0.628. The Morgan fingerprint density at radius 2 is 2.38 bits per heavy atom. The van der Waals surface area contributed by atoms with Crippen LogP contribution in [0.2, 0.25) is 0 Å². The lowest BCUT2D eigenvalue weighted by Gasteiger charge is -2.11. The van der Waals surface area contributed by atoms with Crippen molar-refractivity contribution in [1.29, 1.82) is 5.26 Å². The summed E-state index contributed by atoms with van der Waals surface area (Å²) in [5.41, 5.74) is 1.62. The summed E-state index contributed by atoms with van der Waals surface area (Å²) in [5, 5.41) is 12.9. The highest BCUT2D eigenvalue weighted by Crippen LogP contribution is 2.16. The molecular formula is C12H17N3S. The molecule has 0 saturated heterocycles. The average molecular weight is 235 g/mol. The van der Waals surface area contributed by atoms with Gasteiger partial charge in [-0.05, 0) is 31.2 Å².